The van der Waals surface area contributed by atoms with E-state index in [-0.39, 0.29) is 11.8 Å². The molecule has 4 heterocycles. The lowest BCUT2D eigenvalue weighted by Crippen LogP contribution is -2.51. The van der Waals surface area contributed by atoms with Crippen LogP contribution >= 0.6 is 0 Å². The van der Waals surface area contributed by atoms with Gasteiger partial charge in [-0.15, -0.1) is 0 Å². The Morgan fingerprint density at radius 3 is 2.28 bits per heavy atom. The quantitative estimate of drug-likeness (QED) is 0.795. The Balaban J connectivity index is 1.30. The van der Waals surface area contributed by atoms with E-state index in [1.807, 2.05) is 34.1 Å². The predicted molar refractivity (Wildman–Crippen MR) is 111 cm³/mol. The maximum atomic E-state index is 12.8. The van der Waals surface area contributed by atoms with Crippen molar-refractivity contribution in [2.45, 2.75) is 25.7 Å². The summed E-state index contributed by atoms with van der Waals surface area (Å²) in [6, 6.07) is 7.57. The van der Waals surface area contributed by atoms with Crippen LogP contribution in [0, 0.1) is 0 Å². The molecule has 152 valence electrons. The zero-order valence-corrected chi connectivity index (χ0v) is 16.7. The van der Waals surface area contributed by atoms with Crippen LogP contribution in [0.5, 0.6) is 0 Å². The number of amides is 2. The van der Waals surface area contributed by atoms with Crippen molar-refractivity contribution in [1.82, 2.24) is 19.8 Å². The lowest BCUT2D eigenvalue weighted by atomic mass is 10.1. The van der Waals surface area contributed by atoms with Gasteiger partial charge in [0.15, 0.2) is 0 Å². The fourth-order valence-electron chi connectivity index (χ4n) is 3.95. The molecule has 0 bridgehead atoms. The molecule has 7 nitrogen and oxygen atoms in total. The van der Waals surface area contributed by atoms with Crippen molar-refractivity contribution < 1.29 is 9.59 Å². The lowest BCUT2D eigenvalue weighted by Gasteiger charge is -2.35. The van der Waals surface area contributed by atoms with Crippen LogP contribution in [0.1, 0.15) is 35.2 Å². The number of carbonyl (C=O) groups excluding carboxylic acids is 2. The minimum absolute atomic E-state index is 0.0120. The molecule has 2 aromatic rings. The van der Waals surface area contributed by atoms with Crippen LogP contribution in [0.25, 0.3) is 0 Å². The van der Waals surface area contributed by atoms with Crippen LogP contribution in [-0.2, 0) is 11.2 Å². The second kappa shape index (κ2) is 9.03. The van der Waals surface area contributed by atoms with Crippen molar-refractivity contribution >= 4 is 17.6 Å². The summed E-state index contributed by atoms with van der Waals surface area (Å²) in [7, 11) is 0. The highest BCUT2D eigenvalue weighted by Gasteiger charge is 2.25. The van der Waals surface area contributed by atoms with E-state index in [2.05, 4.69) is 14.9 Å². The molecule has 0 spiro atoms. The topological polar surface area (TPSA) is 69.6 Å². The minimum atomic E-state index is -0.0120. The third-order valence-electron chi connectivity index (χ3n) is 5.67. The van der Waals surface area contributed by atoms with Crippen molar-refractivity contribution in [3.8, 4) is 0 Å². The Hall–Kier alpha value is -2.96. The van der Waals surface area contributed by atoms with E-state index in [9.17, 15) is 9.59 Å². The summed E-state index contributed by atoms with van der Waals surface area (Å²) in [6.45, 7) is 4.29. The molecule has 0 atom stereocenters. The van der Waals surface area contributed by atoms with Gasteiger partial charge in [-0.2, -0.15) is 0 Å². The van der Waals surface area contributed by atoms with E-state index in [0.29, 0.717) is 38.2 Å². The summed E-state index contributed by atoms with van der Waals surface area (Å²) in [5.74, 6) is 1.02. The normalized spacial score (nSPS) is 17.3. The van der Waals surface area contributed by atoms with Crippen LogP contribution in [-0.4, -0.2) is 70.9 Å². The third-order valence-corrected chi connectivity index (χ3v) is 5.67. The molecule has 7 heteroatoms. The van der Waals surface area contributed by atoms with E-state index in [4.69, 9.17) is 0 Å². The Morgan fingerprint density at radius 1 is 0.862 bits per heavy atom. The summed E-state index contributed by atoms with van der Waals surface area (Å²) in [4.78, 5) is 39.8. The van der Waals surface area contributed by atoms with Crippen LogP contribution < -0.4 is 4.90 Å². The molecule has 4 rings (SSSR count). The Bertz CT molecular complexity index is 826. The summed E-state index contributed by atoms with van der Waals surface area (Å²) >= 11 is 0. The zero-order chi connectivity index (χ0) is 20.1. The summed E-state index contributed by atoms with van der Waals surface area (Å²) in [5.41, 5.74) is 1.52. The first-order valence-electron chi connectivity index (χ1n) is 10.4. The fraction of sp³-hybridized carbons (Fsp3) is 0.455. The standard InChI is InChI=1S/C22H27N5O2/c28-21(15-18-5-4-8-23-16-18)26-11-13-27(14-12-26)22(29)19-6-7-20(24-17-19)25-9-2-1-3-10-25/h4-8,16-17H,1-3,9-15H2. The van der Waals surface area contributed by atoms with E-state index >= 15 is 0 Å². The van der Waals surface area contributed by atoms with Crippen molar-refractivity contribution in [3.05, 3.63) is 54.0 Å². The number of carbonyl (C=O) groups is 2. The van der Waals surface area contributed by atoms with E-state index in [0.717, 1.165) is 24.5 Å². The molecule has 2 aliphatic rings. The van der Waals surface area contributed by atoms with Gasteiger partial charge in [0.25, 0.3) is 5.91 Å². The van der Waals surface area contributed by atoms with E-state index in [1.165, 1.54) is 19.3 Å². The number of pyridine rings is 2. The predicted octanol–water partition coefficient (Wildman–Crippen LogP) is 1.99. The van der Waals surface area contributed by atoms with Gasteiger partial charge in [-0.25, -0.2) is 4.98 Å². The van der Waals surface area contributed by atoms with E-state index < -0.39 is 0 Å². The number of anilines is 1. The number of piperidine rings is 1. The fourth-order valence-corrected chi connectivity index (χ4v) is 3.95. The van der Waals surface area contributed by atoms with Crippen molar-refractivity contribution in [3.63, 3.8) is 0 Å². The molecule has 29 heavy (non-hydrogen) atoms. The smallest absolute Gasteiger partial charge is 0.255 e. The average molecular weight is 393 g/mol. The zero-order valence-electron chi connectivity index (χ0n) is 16.7. The molecule has 2 aliphatic heterocycles. The Kier molecular flexibility index (Phi) is 6.03. The number of nitrogens with zero attached hydrogens (tertiary/aromatic N) is 5. The maximum Gasteiger partial charge on any atom is 0.255 e. The highest BCUT2D eigenvalue weighted by molar-refractivity contribution is 5.94. The maximum absolute atomic E-state index is 12.8. The molecule has 0 unspecified atom stereocenters. The van der Waals surface area contributed by atoms with Gasteiger partial charge in [0.2, 0.25) is 5.91 Å². The molecule has 2 fully saturated rings. The third kappa shape index (κ3) is 4.72. The number of piperazine rings is 1. The number of aromatic nitrogens is 2. The van der Waals surface area contributed by atoms with Crippen LogP contribution in [0.15, 0.2) is 42.9 Å². The molecular weight excluding hydrogens is 366 g/mol. The molecule has 0 radical (unpaired) electrons. The van der Waals surface area contributed by atoms with Gasteiger partial charge in [-0.05, 0) is 43.0 Å². The Labute approximate surface area is 171 Å². The monoisotopic (exact) mass is 393 g/mol. The highest BCUT2D eigenvalue weighted by Crippen LogP contribution is 2.18. The lowest BCUT2D eigenvalue weighted by molar-refractivity contribution is -0.131. The first kappa shape index (κ1) is 19.4. The number of hydrogen-bond donors (Lipinski definition) is 0. The Morgan fingerprint density at radius 2 is 1.62 bits per heavy atom. The molecule has 2 amide bonds. The van der Waals surface area contributed by atoms with Crippen molar-refractivity contribution in [2.24, 2.45) is 0 Å². The van der Waals surface area contributed by atoms with Gasteiger partial charge in [-0.3, -0.25) is 14.6 Å². The summed E-state index contributed by atoms with van der Waals surface area (Å²) in [6.07, 6.45) is 9.14. The SMILES string of the molecule is O=C(Cc1cccnc1)N1CCN(C(=O)c2ccc(N3CCCCC3)nc2)CC1. The average Bonchev–Trinajstić information content (AvgIpc) is 2.80. The van der Waals surface area contributed by atoms with Gasteiger partial charge in [0.05, 0.1) is 12.0 Å². The first-order valence-corrected chi connectivity index (χ1v) is 10.4. The van der Waals surface area contributed by atoms with Gasteiger partial charge < -0.3 is 14.7 Å². The van der Waals surface area contributed by atoms with E-state index in [1.54, 1.807) is 18.6 Å². The van der Waals surface area contributed by atoms with Crippen molar-refractivity contribution in [1.29, 1.82) is 0 Å². The molecule has 2 saturated heterocycles. The molecule has 0 aromatic carbocycles. The number of rotatable bonds is 4. The second-order valence-corrected chi connectivity index (χ2v) is 7.66. The molecule has 2 aromatic heterocycles. The van der Waals surface area contributed by atoms with Gasteiger partial charge in [0, 0.05) is 57.9 Å². The van der Waals surface area contributed by atoms with Gasteiger partial charge >= 0.3 is 0 Å². The minimum Gasteiger partial charge on any atom is -0.357 e. The van der Waals surface area contributed by atoms with Gasteiger partial charge in [-0.1, -0.05) is 6.07 Å². The van der Waals surface area contributed by atoms with Crippen molar-refractivity contribution in [2.75, 3.05) is 44.2 Å². The largest absolute Gasteiger partial charge is 0.357 e. The second-order valence-electron chi connectivity index (χ2n) is 7.66. The molecular formula is C22H27N5O2. The summed E-state index contributed by atoms with van der Waals surface area (Å²) < 4.78 is 0. The van der Waals surface area contributed by atoms with Gasteiger partial charge in [0.1, 0.15) is 5.82 Å². The number of hydrogen-bond acceptors (Lipinski definition) is 5. The van der Waals surface area contributed by atoms with Crippen LogP contribution in [0.3, 0.4) is 0 Å². The van der Waals surface area contributed by atoms with Crippen LogP contribution in [0.2, 0.25) is 0 Å². The summed E-state index contributed by atoms with van der Waals surface area (Å²) in [5, 5.41) is 0. The van der Waals surface area contributed by atoms with Crippen LogP contribution in [0.4, 0.5) is 5.82 Å². The highest BCUT2D eigenvalue weighted by atomic mass is 16.2. The molecule has 0 saturated carbocycles. The molecule has 0 aliphatic carbocycles. The first-order chi connectivity index (χ1) is 14.2. The molecule has 0 N–H and O–H groups in total.